The maximum Gasteiger partial charge on any atom is 0.239 e. The van der Waals surface area contributed by atoms with E-state index in [0.29, 0.717) is 42.8 Å². The molecule has 8 heteroatoms. The number of halogens is 1. The van der Waals surface area contributed by atoms with Gasteiger partial charge in [0.1, 0.15) is 18.4 Å². The molecule has 1 unspecified atom stereocenters. The molecule has 1 amide bonds. The summed E-state index contributed by atoms with van der Waals surface area (Å²) in [6.45, 7) is 2.58. The number of amides is 1. The lowest BCUT2D eigenvalue weighted by atomic mass is 9.95. The quantitative estimate of drug-likeness (QED) is 0.818. The van der Waals surface area contributed by atoms with Gasteiger partial charge in [-0.25, -0.2) is 0 Å². The first-order valence-electron chi connectivity index (χ1n) is 8.59. The molecule has 138 valence electrons. The van der Waals surface area contributed by atoms with E-state index >= 15 is 0 Å². The van der Waals surface area contributed by atoms with Crippen LogP contribution in [0.4, 0.5) is 0 Å². The highest BCUT2D eigenvalue weighted by Crippen LogP contribution is 2.36. The maximum absolute atomic E-state index is 13.2. The first-order chi connectivity index (χ1) is 12.5. The van der Waals surface area contributed by atoms with Gasteiger partial charge in [-0.2, -0.15) is 0 Å². The second kappa shape index (κ2) is 6.89. The summed E-state index contributed by atoms with van der Waals surface area (Å²) < 4.78 is 16.8. The van der Waals surface area contributed by atoms with Crippen molar-refractivity contribution in [2.24, 2.45) is 5.92 Å². The summed E-state index contributed by atoms with van der Waals surface area (Å²) in [6, 6.07) is 5.23. The summed E-state index contributed by atoms with van der Waals surface area (Å²) in [7, 11) is 1.65. The van der Waals surface area contributed by atoms with Gasteiger partial charge in [0.25, 0.3) is 0 Å². The van der Waals surface area contributed by atoms with Crippen LogP contribution in [0.1, 0.15) is 29.8 Å². The minimum Gasteiger partial charge on any atom is -0.492 e. The largest absolute Gasteiger partial charge is 0.492 e. The van der Waals surface area contributed by atoms with Gasteiger partial charge in [0.2, 0.25) is 17.7 Å². The number of benzene rings is 1. The Kier molecular flexibility index (Phi) is 4.58. The van der Waals surface area contributed by atoms with E-state index in [1.54, 1.807) is 25.0 Å². The Labute approximate surface area is 156 Å². The van der Waals surface area contributed by atoms with Gasteiger partial charge < -0.3 is 18.8 Å². The van der Waals surface area contributed by atoms with Gasteiger partial charge in [0.05, 0.1) is 12.0 Å². The van der Waals surface area contributed by atoms with E-state index in [4.69, 9.17) is 25.5 Å². The number of likely N-dealkylation sites (tertiary alicyclic amines) is 1. The average Bonchev–Trinajstić information content (AvgIpc) is 3.26. The molecule has 1 aromatic carbocycles. The molecule has 1 aromatic heterocycles. The van der Waals surface area contributed by atoms with Gasteiger partial charge in [0.15, 0.2) is 0 Å². The Morgan fingerprint density at radius 2 is 2.23 bits per heavy atom. The van der Waals surface area contributed by atoms with Crippen molar-refractivity contribution < 1.29 is 18.7 Å². The Balaban J connectivity index is 1.56. The van der Waals surface area contributed by atoms with Gasteiger partial charge in [-0.1, -0.05) is 11.6 Å². The Bertz CT molecular complexity index is 825. The molecule has 1 saturated heterocycles. The summed E-state index contributed by atoms with van der Waals surface area (Å²) in [5.41, 5.74) is 0.953. The van der Waals surface area contributed by atoms with Crippen molar-refractivity contribution >= 4 is 17.5 Å². The first-order valence-corrected chi connectivity index (χ1v) is 8.97. The molecule has 0 bridgehead atoms. The van der Waals surface area contributed by atoms with Crippen molar-refractivity contribution in [3.05, 3.63) is 40.6 Å². The normalized spacial score (nSPS) is 25.0. The van der Waals surface area contributed by atoms with Crippen LogP contribution >= 0.6 is 11.6 Å². The number of aromatic nitrogens is 2. The molecule has 2 aliphatic rings. The van der Waals surface area contributed by atoms with E-state index in [0.717, 1.165) is 11.3 Å². The fourth-order valence-corrected chi connectivity index (χ4v) is 3.84. The number of hydrogen-bond donors (Lipinski definition) is 0. The number of aryl methyl sites for hydroxylation is 1. The number of ether oxygens (including phenoxy) is 2. The lowest BCUT2D eigenvalue weighted by Gasteiger charge is -2.30. The second-order valence-electron chi connectivity index (χ2n) is 6.72. The molecule has 0 radical (unpaired) electrons. The lowest BCUT2D eigenvalue weighted by Crippen LogP contribution is -2.41. The number of hydrogen-bond acceptors (Lipinski definition) is 6. The molecular formula is C18H20ClN3O4. The Morgan fingerprint density at radius 3 is 2.96 bits per heavy atom. The monoisotopic (exact) mass is 377 g/mol. The standard InChI is InChI=1S/C18H20ClN3O4/c1-10-20-21-17(26-10)15-7-14(24-2)8-22(15)18(23)12-5-11-6-13(19)3-4-16(11)25-9-12/h3-4,6,12,14-15H,5,7-9H2,1-2H3/t12?,14-,15+/m0/s1. The summed E-state index contributed by atoms with van der Waals surface area (Å²) in [5, 5.41) is 8.64. The van der Waals surface area contributed by atoms with Crippen LogP contribution < -0.4 is 4.74 Å². The fraction of sp³-hybridized carbons (Fsp3) is 0.500. The number of carbonyl (C=O) groups is 1. The van der Waals surface area contributed by atoms with E-state index < -0.39 is 0 Å². The van der Waals surface area contributed by atoms with E-state index in [2.05, 4.69) is 10.2 Å². The first kappa shape index (κ1) is 17.3. The molecule has 26 heavy (non-hydrogen) atoms. The summed E-state index contributed by atoms with van der Waals surface area (Å²) in [5.74, 6) is 1.46. The van der Waals surface area contributed by atoms with Gasteiger partial charge in [0, 0.05) is 32.0 Å². The molecule has 0 spiro atoms. The molecule has 0 aliphatic carbocycles. The second-order valence-corrected chi connectivity index (χ2v) is 7.16. The lowest BCUT2D eigenvalue weighted by molar-refractivity contribution is -0.138. The summed E-state index contributed by atoms with van der Waals surface area (Å²) >= 11 is 6.08. The molecule has 0 saturated carbocycles. The molecule has 7 nitrogen and oxygen atoms in total. The van der Waals surface area contributed by atoms with Crippen LogP contribution in [0.3, 0.4) is 0 Å². The molecule has 4 rings (SSSR count). The van der Waals surface area contributed by atoms with Crippen LogP contribution in [0, 0.1) is 12.8 Å². The maximum atomic E-state index is 13.2. The zero-order valence-electron chi connectivity index (χ0n) is 14.6. The number of rotatable bonds is 3. The smallest absolute Gasteiger partial charge is 0.239 e. The van der Waals surface area contributed by atoms with E-state index in [1.165, 1.54) is 0 Å². The number of nitrogens with zero attached hydrogens (tertiary/aromatic N) is 3. The van der Waals surface area contributed by atoms with Gasteiger partial charge in [-0.05, 0) is 30.2 Å². The van der Waals surface area contributed by atoms with Crippen LogP contribution in [0.15, 0.2) is 22.6 Å². The molecule has 1 fully saturated rings. The van der Waals surface area contributed by atoms with Crippen molar-refractivity contribution in [1.29, 1.82) is 0 Å². The predicted molar refractivity (Wildman–Crippen MR) is 93.0 cm³/mol. The molecule has 2 aliphatic heterocycles. The van der Waals surface area contributed by atoms with Crippen molar-refractivity contribution in [3.8, 4) is 5.75 Å². The molecule has 2 aromatic rings. The third kappa shape index (κ3) is 3.17. The molecule has 0 N–H and O–H groups in total. The summed E-state index contributed by atoms with van der Waals surface area (Å²) in [4.78, 5) is 15.0. The predicted octanol–water partition coefficient (Wildman–Crippen LogP) is 2.57. The van der Waals surface area contributed by atoms with Gasteiger partial charge in [-0.15, -0.1) is 10.2 Å². The molecule has 3 atom stereocenters. The van der Waals surface area contributed by atoms with Crippen LogP contribution in [-0.4, -0.2) is 47.4 Å². The van der Waals surface area contributed by atoms with Crippen molar-refractivity contribution in [2.75, 3.05) is 20.3 Å². The Hall–Kier alpha value is -2.12. The minimum atomic E-state index is -0.275. The highest BCUT2D eigenvalue weighted by Gasteiger charge is 2.42. The zero-order valence-corrected chi connectivity index (χ0v) is 15.4. The van der Waals surface area contributed by atoms with Crippen LogP contribution in [0.5, 0.6) is 5.75 Å². The van der Waals surface area contributed by atoms with Crippen molar-refractivity contribution in [1.82, 2.24) is 15.1 Å². The van der Waals surface area contributed by atoms with E-state index in [-0.39, 0.29) is 24.0 Å². The zero-order chi connectivity index (χ0) is 18.3. The highest BCUT2D eigenvalue weighted by atomic mass is 35.5. The SMILES string of the molecule is CO[C@H]1C[C@H](c2nnc(C)o2)N(C(=O)C2COc3ccc(Cl)cc3C2)C1. The van der Waals surface area contributed by atoms with Gasteiger partial charge in [-0.3, -0.25) is 4.79 Å². The number of carbonyl (C=O) groups excluding carboxylic acids is 1. The van der Waals surface area contributed by atoms with E-state index in [9.17, 15) is 4.79 Å². The average molecular weight is 378 g/mol. The topological polar surface area (TPSA) is 77.7 Å². The summed E-state index contributed by atoms with van der Waals surface area (Å²) in [6.07, 6.45) is 1.18. The molecule has 3 heterocycles. The Morgan fingerprint density at radius 1 is 1.38 bits per heavy atom. The fourth-order valence-electron chi connectivity index (χ4n) is 3.65. The van der Waals surface area contributed by atoms with Crippen LogP contribution in [-0.2, 0) is 16.0 Å². The van der Waals surface area contributed by atoms with Crippen molar-refractivity contribution in [3.63, 3.8) is 0 Å². The minimum absolute atomic E-state index is 0.0102. The van der Waals surface area contributed by atoms with Crippen LogP contribution in [0.25, 0.3) is 0 Å². The molecular weight excluding hydrogens is 358 g/mol. The van der Waals surface area contributed by atoms with Crippen molar-refractivity contribution in [2.45, 2.75) is 31.9 Å². The highest BCUT2D eigenvalue weighted by molar-refractivity contribution is 6.30. The van der Waals surface area contributed by atoms with Crippen LogP contribution in [0.2, 0.25) is 5.02 Å². The third-order valence-electron chi connectivity index (χ3n) is 4.98. The van der Waals surface area contributed by atoms with E-state index in [1.807, 2.05) is 12.1 Å². The number of fused-ring (bicyclic) bond motifs is 1. The third-order valence-corrected chi connectivity index (χ3v) is 5.22. The van der Waals surface area contributed by atoms with Gasteiger partial charge >= 0.3 is 0 Å². The number of methoxy groups -OCH3 is 1.